The van der Waals surface area contributed by atoms with Crippen LogP contribution < -0.4 is 10.1 Å². The van der Waals surface area contributed by atoms with Crippen molar-refractivity contribution in [2.45, 2.75) is 25.4 Å². The molecule has 98 valence electrons. The van der Waals surface area contributed by atoms with Crippen molar-refractivity contribution in [3.05, 3.63) is 54.1 Å². The molecule has 0 spiro atoms. The van der Waals surface area contributed by atoms with Gasteiger partial charge in [0, 0.05) is 12.6 Å². The van der Waals surface area contributed by atoms with Gasteiger partial charge < -0.3 is 10.1 Å². The van der Waals surface area contributed by atoms with Gasteiger partial charge in [0.25, 0.3) is 0 Å². The molecule has 0 radical (unpaired) electrons. The lowest BCUT2D eigenvalue weighted by Gasteiger charge is -2.07. The fraction of sp³-hybridized carbons (Fsp3) is 0.294. The molecule has 1 aliphatic carbocycles. The molecule has 0 bridgehead atoms. The van der Waals surface area contributed by atoms with E-state index in [4.69, 9.17) is 4.74 Å². The molecule has 0 heterocycles. The zero-order valence-electron chi connectivity index (χ0n) is 11.2. The van der Waals surface area contributed by atoms with Gasteiger partial charge in [-0.3, -0.25) is 0 Å². The van der Waals surface area contributed by atoms with E-state index >= 15 is 0 Å². The van der Waals surface area contributed by atoms with Crippen LogP contribution >= 0.6 is 0 Å². The highest BCUT2D eigenvalue weighted by molar-refractivity contribution is 5.65. The normalized spacial score (nSPS) is 14.4. The van der Waals surface area contributed by atoms with E-state index in [2.05, 4.69) is 41.7 Å². The molecule has 0 unspecified atom stereocenters. The van der Waals surface area contributed by atoms with Crippen molar-refractivity contribution in [1.82, 2.24) is 5.32 Å². The number of methoxy groups -OCH3 is 1. The van der Waals surface area contributed by atoms with Crippen molar-refractivity contribution in [3.8, 4) is 16.9 Å². The van der Waals surface area contributed by atoms with Crippen LogP contribution in [0.1, 0.15) is 18.4 Å². The monoisotopic (exact) mass is 253 g/mol. The third-order valence-electron chi connectivity index (χ3n) is 3.53. The summed E-state index contributed by atoms with van der Waals surface area (Å²) in [6.07, 6.45) is 2.67. The van der Waals surface area contributed by atoms with E-state index in [1.165, 1.54) is 29.5 Å². The van der Waals surface area contributed by atoms with Gasteiger partial charge in [0.05, 0.1) is 7.11 Å². The van der Waals surface area contributed by atoms with Crippen LogP contribution in [0.5, 0.6) is 5.75 Å². The zero-order chi connectivity index (χ0) is 13.1. The van der Waals surface area contributed by atoms with Gasteiger partial charge in [-0.15, -0.1) is 0 Å². The first kappa shape index (κ1) is 12.2. The van der Waals surface area contributed by atoms with Gasteiger partial charge >= 0.3 is 0 Å². The maximum Gasteiger partial charge on any atom is 0.119 e. The van der Waals surface area contributed by atoms with Gasteiger partial charge in [0.1, 0.15) is 5.75 Å². The molecule has 1 aliphatic rings. The Labute approximate surface area is 114 Å². The maximum atomic E-state index is 5.26. The summed E-state index contributed by atoms with van der Waals surface area (Å²) < 4.78 is 5.26. The summed E-state index contributed by atoms with van der Waals surface area (Å²) in [5.41, 5.74) is 3.77. The second kappa shape index (κ2) is 5.45. The SMILES string of the molecule is COc1cccc(-c2ccc(CNC3CC3)cc2)c1. The number of nitrogens with one attached hydrogen (secondary N) is 1. The van der Waals surface area contributed by atoms with Gasteiger partial charge in [-0.05, 0) is 41.7 Å². The Kier molecular flexibility index (Phi) is 3.51. The van der Waals surface area contributed by atoms with Crippen LogP contribution in [0.4, 0.5) is 0 Å². The molecule has 0 aromatic heterocycles. The van der Waals surface area contributed by atoms with E-state index in [1.807, 2.05) is 12.1 Å². The predicted octanol–water partition coefficient (Wildman–Crippen LogP) is 3.61. The Morgan fingerprint density at radius 1 is 1.05 bits per heavy atom. The lowest BCUT2D eigenvalue weighted by Crippen LogP contribution is -2.14. The highest BCUT2D eigenvalue weighted by Gasteiger charge is 2.19. The highest BCUT2D eigenvalue weighted by atomic mass is 16.5. The van der Waals surface area contributed by atoms with Crippen molar-refractivity contribution in [2.75, 3.05) is 7.11 Å². The van der Waals surface area contributed by atoms with E-state index in [9.17, 15) is 0 Å². The van der Waals surface area contributed by atoms with Crippen LogP contribution in [0, 0.1) is 0 Å². The van der Waals surface area contributed by atoms with E-state index < -0.39 is 0 Å². The van der Waals surface area contributed by atoms with Gasteiger partial charge in [-0.2, -0.15) is 0 Å². The first-order valence-corrected chi connectivity index (χ1v) is 6.82. The average molecular weight is 253 g/mol. The van der Waals surface area contributed by atoms with Gasteiger partial charge in [0.2, 0.25) is 0 Å². The summed E-state index contributed by atoms with van der Waals surface area (Å²) >= 11 is 0. The third-order valence-corrected chi connectivity index (χ3v) is 3.53. The van der Waals surface area contributed by atoms with Crippen LogP contribution in [-0.2, 0) is 6.54 Å². The summed E-state index contributed by atoms with van der Waals surface area (Å²) in [7, 11) is 1.70. The molecule has 2 aromatic rings. The first-order valence-electron chi connectivity index (χ1n) is 6.82. The molecule has 1 saturated carbocycles. The third kappa shape index (κ3) is 3.15. The lowest BCUT2D eigenvalue weighted by molar-refractivity contribution is 0.415. The summed E-state index contributed by atoms with van der Waals surface area (Å²) in [4.78, 5) is 0. The molecule has 2 aromatic carbocycles. The molecule has 3 rings (SSSR count). The largest absolute Gasteiger partial charge is 0.497 e. The van der Waals surface area contributed by atoms with E-state index in [-0.39, 0.29) is 0 Å². The molecule has 0 aliphatic heterocycles. The standard InChI is InChI=1S/C17H19NO/c1-19-17-4-2-3-15(11-17)14-7-5-13(6-8-14)12-18-16-9-10-16/h2-8,11,16,18H,9-10,12H2,1H3. The van der Waals surface area contributed by atoms with Crippen molar-refractivity contribution >= 4 is 0 Å². The molecule has 1 N–H and O–H groups in total. The molecular weight excluding hydrogens is 234 g/mol. The van der Waals surface area contributed by atoms with Crippen LogP contribution in [0.15, 0.2) is 48.5 Å². The quantitative estimate of drug-likeness (QED) is 0.878. The highest BCUT2D eigenvalue weighted by Crippen LogP contribution is 2.24. The van der Waals surface area contributed by atoms with Gasteiger partial charge in [0.15, 0.2) is 0 Å². The minimum atomic E-state index is 0.762. The Bertz CT molecular complexity index is 543. The topological polar surface area (TPSA) is 21.3 Å². The van der Waals surface area contributed by atoms with Crippen LogP contribution in [0.25, 0.3) is 11.1 Å². The van der Waals surface area contributed by atoms with Crippen molar-refractivity contribution in [2.24, 2.45) is 0 Å². The fourth-order valence-electron chi connectivity index (χ4n) is 2.17. The van der Waals surface area contributed by atoms with Gasteiger partial charge in [-0.1, -0.05) is 36.4 Å². The fourth-order valence-corrected chi connectivity index (χ4v) is 2.17. The minimum Gasteiger partial charge on any atom is -0.497 e. The Morgan fingerprint density at radius 3 is 2.53 bits per heavy atom. The number of hydrogen-bond donors (Lipinski definition) is 1. The average Bonchev–Trinajstić information content (AvgIpc) is 3.30. The summed E-state index contributed by atoms with van der Waals surface area (Å²) in [6.45, 7) is 0.975. The Morgan fingerprint density at radius 2 is 1.84 bits per heavy atom. The summed E-state index contributed by atoms with van der Waals surface area (Å²) in [5, 5.41) is 3.53. The second-order valence-corrected chi connectivity index (χ2v) is 5.08. The summed E-state index contributed by atoms with van der Waals surface area (Å²) in [6, 6.07) is 17.7. The number of benzene rings is 2. The smallest absolute Gasteiger partial charge is 0.119 e. The number of hydrogen-bond acceptors (Lipinski definition) is 2. The molecule has 0 saturated heterocycles. The van der Waals surface area contributed by atoms with Gasteiger partial charge in [-0.25, -0.2) is 0 Å². The zero-order valence-corrected chi connectivity index (χ0v) is 11.2. The molecule has 1 fully saturated rings. The minimum absolute atomic E-state index is 0.762. The number of rotatable bonds is 5. The van der Waals surface area contributed by atoms with Crippen LogP contribution in [0.3, 0.4) is 0 Å². The van der Waals surface area contributed by atoms with Crippen molar-refractivity contribution in [3.63, 3.8) is 0 Å². The maximum absolute atomic E-state index is 5.26. The van der Waals surface area contributed by atoms with Crippen LogP contribution in [-0.4, -0.2) is 13.2 Å². The van der Waals surface area contributed by atoms with E-state index in [1.54, 1.807) is 7.11 Å². The van der Waals surface area contributed by atoms with Crippen molar-refractivity contribution in [1.29, 1.82) is 0 Å². The molecular formula is C17H19NO. The molecule has 2 heteroatoms. The van der Waals surface area contributed by atoms with Crippen molar-refractivity contribution < 1.29 is 4.74 Å². The molecule has 2 nitrogen and oxygen atoms in total. The van der Waals surface area contributed by atoms with E-state index in [0.29, 0.717) is 0 Å². The number of ether oxygens (including phenoxy) is 1. The first-order chi connectivity index (χ1) is 9.35. The Balaban J connectivity index is 1.72. The van der Waals surface area contributed by atoms with Crippen LogP contribution in [0.2, 0.25) is 0 Å². The lowest BCUT2D eigenvalue weighted by atomic mass is 10.0. The Hall–Kier alpha value is -1.80. The molecule has 0 atom stereocenters. The molecule has 19 heavy (non-hydrogen) atoms. The second-order valence-electron chi connectivity index (χ2n) is 5.08. The molecule has 0 amide bonds. The summed E-state index contributed by atoms with van der Waals surface area (Å²) in [5.74, 6) is 0.900. The van der Waals surface area contributed by atoms with E-state index in [0.717, 1.165) is 18.3 Å². The predicted molar refractivity (Wildman–Crippen MR) is 78.3 cm³/mol.